The maximum Gasteiger partial charge on any atom is 0.276 e. The number of hydrogen-bond donors (Lipinski definition) is 1. The normalized spacial score (nSPS) is 19.3. The molecule has 1 fully saturated rings. The maximum atomic E-state index is 14.4. The summed E-state index contributed by atoms with van der Waals surface area (Å²) in [6.45, 7) is 0. The summed E-state index contributed by atoms with van der Waals surface area (Å²) in [5, 5.41) is 6.91. The summed E-state index contributed by atoms with van der Waals surface area (Å²) in [5.74, 6) is -1.31. The van der Waals surface area contributed by atoms with Gasteiger partial charge in [0.05, 0.1) is 17.6 Å². The SMILES string of the molecule is CS(=O)(=O)c1ccc(NC(=O)c2nn(-c3ccc(F)cc3F)c3c2C[C@H]2C[C@@H]32)cn1. The van der Waals surface area contributed by atoms with Gasteiger partial charge >= 0.3 is 0 Å². The van der Waals surface area contributed by atoms with Crippen molar-refractivity contribution in [3.8, 4) is 5.69 Å². The van der Waals surface area contributed by atoms with Crippen LogP contribution < -0.4 is 5.32 Å². The maximum absolute atomic E-state index is 14.4. The van der Waals surface area contributed by atoms with E-state index in [9.17, 15) is 22.0 Å². The zero-order chi connectivity index (χ0) is 21.2. The molecule has 0 radical (unpaired) electrons. The molecule has 2 aliphatic rings. The third-order valence-electron chi connectivity index (χ3n) is 5.49. The van der Waals surface area contributed by atoms with E-state index in [-0.39, 0.29) is 22.3 Å². The van der Waals surface area contributed by atoms with Crippen molar-refractivity contribution in [3.05, 3.63) is 65.1 Å². The predicted octanol–water partition coefficient (Wildman–Crippen LogP) is 2.86. The largest absolute Gasteiger partial charge is 0.319 e. The highest BCUT2D eigenvalue weighted by Crippen LogP contribution is 2.57. The second-order valence-corrected chi connectivity index (χ2v) is 9.60. The Kier molecular flexibility index (Phi) is 4.04. The monoisotopic (exact) mass is 430 g/mol. The van der Waals surface area contributed by atoms with Crippen LogP contribution in [0.4, 0.5) is 14.5 Å². The molecule has 1 N–H and O–H groups in total. The number of rotatable bonds is 4. The summed E-state index contributed by atoms with van der Waals surface area (Å²) in [5.41, 5.74) is 2.14. The first-order valence-electron chi connectivity index (χ1n) is 9.27. The van der Waals surface area contributed by atoms with Crippen molar-refractivity contribution in [2.24, 2.45) is 5.92 Å². The topological polar surface area (TPSA) is 94.0 Å². The van der Waals surface area contributed by atoms with E-state index in [1.54, 1.807) is 0 Å². The quantitative estimate of drug-likeness (QED) is 0.687. The number of nitrogens with zero attached hydrogens (tertiary/aromatic N) is 3. The fourth-order valence-corrected chi connectivity index (χ4v) is 4.56. The number of halogens is 2. The molecule has 2 heterocycles. The van der Waals surface area contributed by atoms with Crippen LogP contribution in [-0.4, -0.2) is 35.3 Å². The van der Waals surface area contributed by atoms with E-state index in [2.05, 4.69) is 15.4 Å². The Morgan fingerprint density at radius 3 is 2.70 bits per heavy atom. The highest BCUT2D eigenvalue weighted by molar-refractivity contribution is 7.90. The summed E-state index contributed by atoms with van der Waals surface area (Å²) in [6, 6.07) is 5.99. The van der Waals surface area contributed by atoms with E-state index < -0.39 is 27.4 Å². The highest BCUT2D eigenvalue weighted by Gasteiger charge is 2.50. The summed E-state index contributed by atoms with van der Waals surface area (Å²) >= 11 is 0. The molecule has 1 amide bonds. The smallest absolute Gasteiger partial charge is 0.276 e. The van der Waals surface area contributed by atoms with Crippen molar-refractivity contribution in [2.45, 2.75) is 23.8 Å². The molecule has 5 rings (SSSR count). The van der Waals surface area contributed by atoms with E-state index in [4.69, 9.17) is 0 Å². The molecule has 2 aliphatic carbocycles. The minimum absolute atomic E-state index is 0.0958. The van der Waals surface area contributed by atoms with Crippen LogP contribution in [-0.2, 0) is 16.3 Å². The molecule has 0 aliphatic heterocycles. The Morgan fingerprint density at radius 1 is 1.23 bits per heavy atom. The molecular weight excluding hydrogens is 414 g/mol. The first-order valence-corrected chi connectivity index (χ1v) is 11.2. The number of benzene rings is 1. The second-order valence-electron chi connectivity index (χ2n) is 7.64. The number of amides is 1. The van der Waals surface area contributed by atoms with Crippen LogP contribution >= 0.6 is 0 Å². The van der Waals surface area contributed by atoms with Crippen LogP contribution in [0.1, 0.15) is 34.1 Å². The molecule has 10 heteroatoms. The fourth-order valence-electron chi connectivity index (χ4n) is 4.00. The van der Waals surface area contributed by atoms with E-state index >= 15 is 0 Å². The van der Waals surface area contributed by atoms with Crippen molar-refractivity contribution >= 4 is 21.4 Å². The van der Waals surface area contributed by atoms with Gasteiger partial charge in [-0.1, -0.05) is 0 Å². The predicted molar refractivity (Wildman–Crippen MR) is 103 cm³/mol. The Hall–Kier alpha value is -3.14. The number of sulfone groups is 1. The zero-order valence-electron chi connectivity index (χ0n) is 15.8. The molecule has 0 saturated heterocycles. The minimum atomic E-state index is -3.45. The first-order chi connectivity index (χ1) is 14.2. The van der Waals surface area contributed by atoms with Gasteiger partial charge in [0, 0.05) is 23.8 Å². The molecule has 154 valence electrons. The van der Waals surface area contributed by atoms with Gasteiger partial charge in [0.25, 0.3) is 5.91 Å². The van der Waals surface area contributed by atoms with Crippen LogP contribution in [0.5, 0.6) is 0 Å². The lowest BCUT2D eigenvalue weighted by Gasteiger charge is -2.07. The van der Waals surface area contributed by atoms with Crippen LogP contribution in [0.2, 0.25) is 0 Å². The van der Waals surface area contributed by atoms with Crippen molar-refractivity contribution < 1.29 is 22.0 Å². The summed E-state index contributed by atoms with van der Waals surface area (Å²) in [6.07, 6.45) is 3.93. The van der Waals surface area contributed by atoms with Gasteiger partial charge in [-0.2, -0.15) is 5.10 Å². The lowest BCUT2D eigenvalue weighted by molar-refractivity contribution is 0.102. The third kappa shape index (κ3) is 3.07. The number of carbonyl (C=O) groups excluding carboxylic acids is 1. The summed E-state index contributed by atoms with van der Waals surface area (Å²) < 4.78 is 52.1. The van der Waals surface area contributed by atoms with Crippen LogP contribution in [0, 0.1) is 17.6 Å². The van der Waals surface area contributed by atoms with Crippen LogP contribution in [0.15, 0.2) is 41.6 Å². The van der Waals surface area contributed by atoms with E-state index in [0.717, 1.165) is 36.1 Å². The second kappa shape index (κ2) is 6.43. The van der Waals surface area contributed by atoms with Gasteiger partial charge in [0.1, 0.15) is 11.5 Å². The number of pyridine rings is 1. The molecule has 0 spiro atoms. The van der Waals surface area contributed by atoms with E-state index in [1.807, 2.05) is 0 Å². The van der Waals surface area contributed by atoms with Gasteiger partial charge in [-0.25, -0.2) is 26.9 Å². The van der Waals surface area contributed by atoms with Crippen molar-refractivity contribution in [2.75, 3.05) is 11.6 Å². The number of aromatic nitrogens is 3. The van der Waals surface area contributed by atoms with E-state index in [0.29, 0.717) is 18.0 Å². The van der Waals surface area contributed by atoms with Gasteiger partial charge in [0.2, 0.25) is 0 Å². The van der Waals surface area contributed by atoms with Crippen LogP contribution in [0.25, 0.3) is 5.69 Å². The fraction of sp³-hybridized carbons (Fsp3) is 0.250. The van der Waals surface area contributed by atoms with Gasteiger partial charge in [-0.15, -0.1) is 0 Å². The molecule has 0 bridgehead atoms. The number of carbonyl (C=O) groups is 1. The standard InChI is InChI=1S/C20H16F2N4O3S/c1-30(28,29)17-5-3-12(9-23-17)24-20(27)18-14-7-10-6-13(10)19(14)26(25-18)16-4-2-11(21)8-15(16)22/h2-5,8-10,13H,6-7H2,1H3,(H,24,27)/t10-,13-/m1/s1. The third-order valence-corrected chi connectivity index (χ3v) is 6.49. The molecule has 2 atom stereocenters. The molecule has 0 unspecified atom stereocenters. The number of hydrogen-bond acceptors (Lipinski definition) is 5. The Labute approximate surface area is 170 Å². The molecule has 3 aromatic rings. The number of nitrogens with one attached hydrogen (secondary N) is 1. The summed E-state index contributed by atoms with van der Waals surface area (Å²) in [4.78, 5) is 16.7. The zero-order valence-corrected chi connectivity index (χ0v) is 16.6. The lowest BCUT2D eigenvalue weighted by Crippen LogP contribution is -2.15. The highest BCUT2D eigenvalue weighted by atomic mass is 32.2. The van der Waals surface area contributed by atoms with Gasteiger partial charge < -0.3 is 5.32 Å². The van der Waals surface area contributed by atoms with Crippen molar-refractivity contribution in [1.82, 2.24) is 14.8 Å². The Balaban J connectivity index is 1.49. The van der Waals surface area contributed by atoms with E-state index in [1.165, 1.54) is 29.1 Å². The van der Waals surface area contributed by atoms with Crippen LogP contribution in [0.3, 0.4) is 0 Å². The number of fused-ring (bicyclic) bond motifs is 3. The molecule has 7 nitrogen and oxygen atoms in total. The minimum Gasteiger partial charge on any atom is -0.319 e. The van der Waals surface area contributed by atoms with Crippen molar-refractivity contribution in [1.29, 1.82) is 0 Å². The molecule has 1 aromatic carbocycles. The molecule has 2 aromatic heterocycles. The van der Waals surface area contributed by atoms with Gasteiger partial charge in [-0.05, 0) is 43.0 Å². The molecule has 1 saturated carbocycles. The summed E-state index contributed by atoms with van der Waals surface area (Å²) in [7, 11) is -3.45. The van der Waals surface area contributed by atoms with Crippen molar-refractivity contribution in [3.63, 3.8) is 0 Å². The molecular formula is C20H16F2N4O3S. The van der Waals surface area contributed by atoms with Gasteiger partial charge in [0.15, 0.2) is 26.4 Å². The molecule has 30 heavy (non-hydrogen) atoms. The Bertz CT molecular complexity index is 1300. The van der Waals surface area contributed by atoms with Gasteiger partial charge in [-0.3, -0.25) is 4.79 Å². The Morgan fingerprint density at radius 2 is 2.03 bits per heavy atom. The lowest BCUT2D eigenvalue weighted by atomic mass is 10.1. The first kappa shape index (κ1) is 18.9. The average Bonchev–Trinajstić information content (AvgIpc) is 3.18. The average molecular weight is 430 g/mol. The number of anilines is 1.